The van der Waals surface area contributed by atoms with Gasteiger partial charge in [-0.3, -0.25) is 5.10 Å². The third-order valence-electron chi connectivity index (χ3n) is 3.54. The Balaban J connectivity index is 1.73. The molecule has 1 aromatic heterocycles. The van der Waals surface area contributed by atoms with Crippen molar-refractivity contribution in [3.05, 3.63) is 65.5 Å². The number of carbonyl (C=O) groups is 1. The number of alkyl halides is 2. The molecular weight excluding hydrogens is 344 g/mol. The molecule has 2 aromatic carbocycles. The molecule has 0 saturated carbocycles. The number of hydrogen-bond donors (Lipinski definition) is 2. The molecule has 0 bridgehead atoms. The van der Waals surface area contributed by atoms with Crippen molar-refractivity contribution in [3.8, 4) is 16.9 Å². The van der Waals surface area contributed by atoms with Crippen LogP contribution in [0.15, 0.2) is 48.5 Å². The van der Waals surface area contributed by atoms with Gasteiger partial charge in [0.1, 0.15) is 5.75 Å². The van der Waals surface area contributed by atoms with E-state index in [2.05, 4.69) is 20.1 Å². The van der Waals surface area contributed by atoms with Gasteiger partial charge in [0, 0.05) is 0 Å². The lowest BCUT2D eigenvalue weighted by Gasteiger charge is -2.06. The Morgan fingerprint density at radius 3 is 2.23 bits per heavy atom. The fraction of sp³-hybridized carbons (Fsp3) is 0.0556. The number of aromatic carboxylic acids is 1. The van der Waals surface area contributed by atoms with Crippen LogP contribution < -0.4 is 4.74 Å². The Kier molecular flexibility index (Phi) is 5.02. The van der Waals surface area contributed by atoms with Crippen molar-refractivity contribution in [2.24, 2.45) is 0 Å². The highest BCUT2D eigenvalue weighted by molar-refractivity contribution is 5.90. The molecule has 132 valence electrons. The molecule has 0 spiro atoms. The van der Waals surface area contributed by atoms with Crippen LogP contribution in [0.2, 0.25) is 0 Å². The van der Waals surface area contributed by atoms with Crippen LogP contribution in [-0.4, -0.2) is 33.1 Å². The Hall–Kier alpha value is -3.55. The third kappa shape index (κ3) is 4.10. The number of benzene rings is 2. The molecule has 3 rings (SSSR count). The average Bonchev–Trinajstić information content (AvgIpc) is 3.09. The number of aromatic amines is 1. The van der Waals surface area contributed by atoms with Gasteiger partial charge in [0.05, 0.1) is 5.69 Å². The zero-order valence-electron chi connectivity index (χ0n) is 13.3. The van der Waals surface area contributed by atoms with E-state index in [1.165, 1.54) is 12.1 Å². The third-order valence-corrected chi connectivity index (χ3v) is 3.54. The predicted octanol–water partition coefficient (Wildman–Crippen LogP) is 3.94. The molecule has 0 unspecified atom stereocenters. The van der Waals surface area contributed by atoms with Crippen LogP contribution >= 0.6 is 0 Å². The van der Waals surface area contributed by atoms with E-state index < -0.39 is 12.6 Å². The normalized spacial score (nSPS) is 11.2. The summed E-state index contributed by atoms with van der Waals surface area (Å²) < 4.78 is 28.6. The Morgan fingerprint density at radius 1 is 1.04 bits per heavy atom. The second-order valence-corrected chi connectivity index (χ2v) is 5.24. The van der Waals surface area contributed by atoms with Crippen LogP contribution in [0.4, 0.5) is 8.78 Å². The van der Waals surface area contributed by atoms with Crippen molar-refractivity contribution < 1.29 is 23.4 Å². The molecule has 3 aromatic rings. The number of rotatable bonds is 6. The smallest absolute Gasteiger partial charge is 0.387 e. The molecule has 26 heavy (non-hydrogen) atoms. The Labute approximate surface area is 146 Å². The van der Waals surface area contributed by atoms with Crippen LogP contribution in [0.3, 0.4) is 0 Å². The zero-order valence-corrected chi connectivity index (χ0v) is 13.3. The van der Waals surface area contributed by atoms with Crippen LogP contribution in [0.25, 0.3) is 23.3 Å². The number of aromatic nitrogens is 3. The van der Waals surface area contributed by atoms with Crippen LogP contribution in [0, 0.1) is 0 Å². The van der Waals surface area contributed by atoms with E-state index in [9.17, 15) is 13.6 Å². The summed E-state index contributed by atoms with van der Waals surface area (Å²) in [5, 5.41) is 18.5. The number of nitrogens with one attached hydrogen (secondary N) is 1. The minimum Gasteiger partial charge on any atom is -0.476 e. The van der Waals surface area contributed by atoms with Gasteiger partial charge in [-0.2, -0.15) is 8.78 Å². The van der Waals surface area contributed by atoms with Crippen LogP contribution in [0.5, 0.6) is 5.75 Å². The number of hydrogen-bond acceptors (Lipinski definition) is 4. The minimum atomic E-state index is -2.85. The lowest BCUT2D eigenvalue weighted by molar-refractivity contribution is -0.0498. The number of halogens is 2. The van der Waals surface area contributed by atoms with E-state index in [0.717, 1.165) is 16.7 Å². The van der Waals surface area contributed by atoms with Crippen molar-refractivity contribution in [3.63, 3.8) is 0 Å². The maximum atomic E-state index is 12.2. The van der Waals surface area contributed by atoms with Gasteiger partial charge in [0.25, 0.3) is 0 Å². The number of H-pyrrole nitrogens is 1. The van der Waals surface area contributed by atoms with E-state index in [1.54, 1.807) is 24.3 Å². The standard InChI is InChI=1S/C18H13F2N3O3/c19-18(20)26-14-8-6-13(7-9-14)12-4-1-11(2-5-12)3-10-15-16(17(24)25)22-23-21-15/h1-10,18H,(H,24,25)(H,21,22,23). The molecule has 0 aliphatic heterocycles. The van der Waals surface area contributed by atoms with Gasteiger partial charge in [-0.25, -0.2) is 4.79 Å². The lowest BCUT2D eigenvalue weighted by atomic mass is 10.0. The monoisotopic (exact) mass is 357 g/mol. The first kappa shape index (κ1) is 17.3. The maximum Gasteiger partial charge on any atom is 0.387 e. The van der Waals surface area contributed by atoms with Gasteiger partial charge in [-0.1, -0.05) is 47.7 Å². The molecule has 6 nitrogen and oxygen atoms in total. The fourth-order valence-electron chi connectivity index (χ4n) is 2.30. The molecule has 0 saturated heterocycles. The fourth-order valence-corrected chi connectivity index (χ4v) is 2.30. The topological polar surface area (TPSA) is 88.1 Å². The van der Waals surface area contributed by atoms with Crippen molar-refractivity contribution in [2.75, 3.05) is 0 Å². The largest absolute Gasteiger partial charge is 0.476 e. The molecule has 1 heterocycles. The summed E-state index contributed by atoms with van der Waals surface area (Å²) in [5.41, 5.74) is 2.76. The Bertz CT molecular complexity index is 920. The second-order valence-electron chi connectivity index (χ2n) is 5.24. The van der Waals surface area contributed by atoms with Gasteiger partial charge < -0.3 is 9.84 Å². The van der Waals surface area contributed by atoms with E-state index in [1.807, 2.05) is 24.3 Å². The maximum absolute atomic E-state index is 12.2. The van der Waals surface area contributed by atoms with Crippen molar-refractivity contribution in [1.82, 2.24) is 15.4 Å². The molecule has 0 fully saturated rings. The van der Waals surface area contributed by atoms with Gasteiger partial charge in [-0.15, -0.1) is 5.10 Å². The second kappa shape index (κ2) is 7.56. The van der Waals surface area contributed by atoms with E-state index in [4.69, 9.17) is 5.11 Å². The predicted molar refractivity (Wildman–Crippen MR) is 90.8 cm³/mol. The summed E-state index contributed by atoms with van der Waals surface area (Å²) in [6, 6.07) is 13.8. The van der Waals surface area contributed by atoms with Crippen LogP contribution in [0.1, 0.15) is 21.7 Å². The highest BCUT2D eigenvalue weighted by Gasteiger charge is 2.11. The number of carboxylic acid groups (broad SMARTS) is 1. The van der Waals surface area contributed by atoms with Crippen molar-refractivity contribution >= 4 is 18.1 Å². The molecule has 0 radical (unpaired) electrons. The lowest BCUT2D eigenvalue weighted by Crippen LogP contribution is -2.01. The first-order valence-corrected chi connectivity index (χ1v) is 7.50. The van der Waals surface area contributed by atoms with Gasteiger partial charge >= 0.3 is 12.6 Å². The number of ether oxygens (including phenoxy) is 1. The average molecular weight is 357 g/mol. The van der Waals surface area contributed by atoms with Gasteiger partial charge in [0.2, 0.25) is 0 Å². The quantitative estimate of drug-likeness (QED) is 0.698. The minimum absolute atomic E-state index is 0.103. The molecular formula is C18H13F2N3O3. The van der Waals surface area contributed by atoms with Gasteiger partial charge in [-0.05, 0) is 34.9 Å². The molecule has 2 N–H and O–H groups in total. The van der Waals surface area contributed by atoms with Crippen molar-refractivity contribution in [1.29, 1.82) is 0 Å². The van der Waals surface area contributed by atoms with E-state index >= 15 is 0 Å². The first-order valence-electron chi connectivity index (χ1n) is 7.50. The highest BCUT2D eigenvalue weighted by atomic mass is 19.3. The number of carboxylic acids is 1. The van der Waals surface area contributed by atoms with Crippen LogP contribution in [-0.2, 0) is 0 Å². The zero-order chi connectivity index (χ0) is 18.5. The molecule has 8 heteroatoms. The van der Waals surface area contributed by atoms with Crippen molar-refractivity contribution in [2.45, 2.75) is 6.61 Å². The summed E-state index contributed by atoms with van der Waals surface area (Å²) in [7, 11) is 0. The summed E-state index contributed by atoms with van der Waals surface area (Å²) in [6.45, 7) is -2.85. The van der Waals surface area contributed by atoms with Gasteiger partial charge in [0.15, 0.2) is 5.69 Å². The summed E-state index contributed by atoms with van der Waals surface area (Å²) in [4.78, 5) is 11.0. The molecule has 0 atom stereocenters. The molecule has 0 aliphatic rings. The van der Waals surface area contributed by atoms with E-state index in [0.29, 0.717) is 5.69 Å². The number of nitrogens with zero attached hydrogens (tertiary/aromatic N) is 2. The summed E-state index contributed by atoms with van der Waals surface area (Å²) >= 11 is 0. The SMILES string of the molecule is O=C(O)c1nn[nH]c1C=Cc1ccc(-c2ccc(OC(F)F)cc2)cc1. The Morgan fingerprint density at radius 2 is 1.65 bits per heavy atom. The molecule has 0 amide bonds. The first-order chi connectivity index (χ1) is 12.5. The van der Waals surface area contributed by atoms with E-state index in [-0.39, 0.29) is 11.4 Å². The summed E-state index contributed by atoms with van der Waals surface area (Å²) in [6.07, 6.45) is 3.31. The molecule has 0 aliphatic carbocycles. The highest BCUT2D eigenvalue weighted by Crippen LogP contribution is 2.24. The summed E-state index contributed by atoms with van der Waals surface area (Å²) in [5.74, 6) is -1.06.